The van der Waals surface area contributed by atoms with Crippen molar-refractivity contribution in [3.05, 3.63) is 42.0 Å². The highest BCUT2D eigenvalue weighted by Gasteiger charge is 2.03. The molecule has 2 heteroatoms. The number of hydrogen-bond donors (Lipinski definition) is 0. The van der Waals surface area contributed by atoms with Crippen LogP contribution in [0.25, 0.3) is 10.8 Å². The molecule has 0 N–H and O–H groups in total. The minimum Gasteiger partial charge on any atom is -0.298 e. The van der Waals surface area contributed by atoms with Crippen molar-refractivity contribution in [2.24, 2.45) is 0 Å². The van der Waals surface area contributed by atoms with Crippen LogP contribution in [0, 0.1) is 0 Å². The molecule has 0 fully saturated rings. The lowest BCUT2D eigenvalue weighted by molar-refractivity contribution is 0.112. The number of fused-ring (bicyclic) bond motifs is 1. The van der Waals surface area contributed by atoms with Gasteiger partial charge < -0.3 is 0 Å². The monoisotopic (exact) mass is 169 g/mol. The van der Waals surface area contributed by atoms with Gasteiger partial charge in [0.15, 0.2) is 6.29 Å². The van der Waals surface area contributed by atoms with Crippen LogP contribution in [0.3, 0.4) is 0 Å². The van der Waals surface area contributed by atoms with Crippen molar-refractivity contribution >= 4 is 22.7 Å². The minimum atomic E-state index is 0.153. The van der Waals surface area contributed by atoms with Crippen molar-refractivity contribution < 1.29 is 4.79 Å². The number of nitrogens with zero attached hydrogens (tertiary/aromatic N) is 1. The predicted molar refractivity (Wildman–Crippen MR) is 51.1 cm³/mol. The first-order valence-electron chi connectivity index (χ1n) is 3.99. The van der Waals surface area contributed by atoms with Crippen LogP contribution in [0.5, 0.6) is 0 Å². The molecule has 2 rings (SSSR count). The predicted octanol–water partition coefficient (Wildman–Crippen LogP) is 2.35. The summed E-state index contributed by atoms with van der Waals surface area (Å²) in [4.78, 5) is 10.7. The molecular weight excluding hydrogens is 162 g/mol. The van der Waals surface area contributed by atoms with Gasteiger partial charge in [-0.2, -0.15) is 0 Å². The molecule has 0 saturated heterocycles. The number of carbonyl (C=O) groups excluding carboxylic acids is 1. The second-order valence-corrected chi connectivity index (χ2v) is 2.84. The van der Waals surface area contributed by atoms with Crippen molar-refractivity contribution in [2.45, 2.75) is 0 Å². The zero-order valence-electron chi connectivity index (χ0n) is 6.90. The van der Waals surface area contributed by atoms with Crippen LogP contribution in [0.1, 0.15) is 10.4 Å². The van der Waals surface area contributed by atoms with Gasteiger partial charge in [0, 0.05) is 10.9 Å². The van der Waals surface area contributed by atoms with Gasteiger partial charge in [0.1, 0.15) is 0 Å². The number of hydrogen-bond acceptors (Lipinski definition) is 1. The fourth-order valence-corrected chi connectivity index (χ4v) is 1.45. The maximum Gasteiger partial charge on any atom is 0.150 e. The van der Waals surface area contributed by atoms with E-state index in [-0.39, 0.29) is 5.69 Å². The number of benzene rings is 2. The highest BCUT2D eigenvalue weighted by Crippen LogP contribution is 2.24. The van der Waals surface area contributed by atoms with E-state index in [1.54, 1.807) is 24.3 Å². The highest BCUT2D eigenvalue weighted by molar-refractivity contribution is 6.03. The number of aldehydes is 1. The van der Waals surface area contributed by atoms with Crippen molar-refractivity contribution in [3.63, 3.8) is 0 Å². The summed E-state index contributed by atoms with van der Waals surface area (Å²) in [6.07, 6.45) is 0.752. The fraction of sp³-hybridized carbons (Fsp3) is 0. The summed E-state index contributed by atoms with van der Waals surface area (Å²) in [5.74, 6) is 0. The third-order valence-electron chi connectivity index (χ3n) is 2.04. The van der Waals surface area contributed by atoms with Crippen molar-refractivity contribution in [2.75, 3.05) is 0 Å². The molecule has 0 saturated carbocycles. The summed E-state index contributed by atoms with van der Waals surface area (Å²) in [6, 6.07) is 10.5. The summed E-state index contributed by atoms with van der Waals surface area (Å²) < 4.78 is 0. The first kappa shape index (κ1) is 7.80. The summed E-state index contributed by atoms with van der Waals surface area (Å²) >= 11 is 0. The lowest BCUT2D eigenvalue weighted by Gasteiger charge is -2.01. The largest absolute Gasteiger partial charge is 0.298 e. The first-order valence-corrected chi connectivity index (χ1v) is 3.99. The van der Waals surface area contributed by atoms with Crippen LogP contribution in [0.2, 0.25) is 0 Å². The molecule has 13 heavy (non-hydrogen) atoms. The Kier molecular flexibility index (Phi) is 1.74. The molecular formula is C11H7NO. The third kappa shape index (κ3) is 1.16. The smallest absolute Gasteiger partial charge is 0.150 e. The molecule has 2 aromatic carbocycles. The quantitative estimate of drug-likeness (QED) is 0.604. The summed E-state index contributed by atoms with van der Waals surface area (Å²) in [5, 5.41) is 1.50. The molecule has 0 aliphatic rings. The van der Waals surface area contributed by atoms with Crippen molar-refractivity contribution in [1.82, 2.24) is 5.73 Å². The average Bonchev–Trinajstić information content (AvgIpc) is 2.17. The van der Waals surface area contributed by atoms with E-state index in [1.165, 1.54) is 0 Å². The molecule has 0 heterocycles. The molecule has 0 aromatic heterocycles. The fourth-order valence-electron chi connectivity index (χ4n) is 1.45. The molecule has 2 nitrogen and oxygen atoms in total. The third-order valence-corrected chi connectivity index (χ3v) is 2.04. The van der Waals surface area contributed by atoms with E-state index in [4.69, 9.17) is 0 Å². The maximum absolute atomic E-state index is 10.7. The van der Waals surface area contributed by atoms with Gasteiger partial charge in [-0.15, -0.1) is 5.73 Å². The minimum absolute atomic E-state index is 0.153. The summed E-state index contributed by atoms with van der Waals surface area (Å²) in [7, 11) is 0. The standard InChI is InChI=1S/C11H7NO/c12-10-6-2-4-8-3-1-5-9(7-13)11(8)10/h1-7H. The van der Waals surface area contributed by atoms with Gasteiger partial charge in [0.2, 0.25) is 0 Å². The lowest BCUT2D eigenvalue weighted by Crippen LogP contribution is -1.84. The normalized spacial score (nSPS) is 10.2. The molecule has 0 spiro atoms. The number of carbonyl (C=O) groups is 1. The van der Waals surface area contributed by atoms with E-state index in [2.05, 4.69) is 0 Å². The molecule has 0 unspecified atom stereocenters. The second kappa shape index (κ2) is 2.90. The van der Waals surface area contributed by atoms with E-state index in [0.717, 1.165) is 11.7 Å². The van der Waals surface area contributed by atoms with Crippen molar-refractivity contribution in [3.8, 4) is 0 Å². The average molecular weight is 169 g/mol. The van der Waals surface area contributed by atoms with Gasteiger partial charge in [0.05, 0.1) is 5.69 Å². The SMILES string of the molecule is [N]c1cccc2cccc(C=O)c12. The van der Waals surface area contributed by atoms with E-state index < -0.39 is 0 Å². The zero-order valence-corrected chi connectivity index (χ0v) is 6.90. The van der Waals surface area contributed by atoms with E-state index in [0.29, 0.717) is 10.9 Å². The van der Waals surface area contributed by atoms with Crippen LogP contribution in [0.4, 0.5) is 5.69 Å². The van der Waals surface area contributed by atoms with Gasteiger partial charge >= 0.3 is 0 Å². The van der Waals surface area contributed by atoms with E-state index in [1.807, 2.05) is 12.1 Å². The Labute approximate surface area is 76.0 Å². The van der Waals surface area contributed by atoms with Crippen molar-refractivity contribution in [1.29, 1.82) is 0 Å². The van der Waals surface area contributed by atoms with Gasteiger partial charge in [-0.25, -0.2) is 0 Å². The Morgan fingerprint density at radius 3 is 2.46 bits per heavy atom. The van der Waals surface area contributed by atoms with Crippen LogP contribution < -0.4 is 5.73 Å². The Morgan fingerprint density at radius 2 is 1.77 bits per heavy atom. The van der Waals surface area contributed by atoms with Gasteiger partial charge in [-0.3, -0.25) is 4.79 Å². The molecule has 0 aliphatic heterocycles. The van der Waals surface area contributed by atoms with Crippen LogP contribution >= 0.6 is 0 Å². The van der Waals surface area contributed by atoms with Gasteiger partial charge in [-0.1, -0.05) is 30.3 Å². The summed E-state index contributed by atoms with van der Waals surface area (Å²) in [5.41, 5.74) is 10.2. The molecule has 0 atom stereocenters. The molecule has 2 aromatic rings. The Bertz CT molecular complexity index is 457. The lowest BCUT2D eigenvalue weighted by atomic mass is 10.0. The molecule has 62 valence electrons. The Hall–Kier alpha value is -1.83. The topological polar surface area (TPSA) is 39.4 Å². The van der Waals surface area contributed by atoms with Crippen LogP contribution in [-0.2, 0) is 0 Å². The maximum atomic E-state index is 10.7. The molecule has 0 bridgehead atoms. The molecule has 2 radical (unpaired) electrons. The summed E-state index contributed by atoms with van der Waals surface area (Å²) in [6.45, 7) is 0. The van der Waals surface area contributed by atoms with Crippen LogP contribution in [0.15, 0.2) is 36.4 Å². The van der Waals surface area contributed by atoms with Crippen LogP contribution in [-0.4, -0.2) is 6.29 Å². The zero-order chi connectivity index (χ0) is 9.26. The second-order valence-electron chi connectivity index (χ2n) is 2.84. The van der Waals surface area contributed by atoms with E-state index >= 15 is 0 Å². The first-order chi connectivity index (χ1) is 6.33. The molecule has 0 aliphatic carbocycles. The molecule has 0 amide bonds. The Balaban J connectivity index is 2.94. The van der Waals surface area contributed by atoms with E-state index in [9.17, 15) is 10.5 Å². The van der Waals surface area contributed by atoms with Gasteiger partial charge in [-0.05, 0) is 11.5 Å². The number of rotatable bonds is 1. The van der Waals surface area contributed by atoms with Gasteiger partial charge in [0.25, 0.3) is 0 Å². The Morgan fingerprint density at radius 1 is 1.08 bits per heavy atom. The highest BCUT2D eigenvalue weighted by atomic mass is 16.1.